The van der Waals surface area contributed by atoms with Gasteiger partial charge < -0.3 is 66.3 Å². The van der Waals surface area contributed by atoms with Crippen molar-refractivity contribution in [3.05, 3.63) is 0 Å². The molecule has 278 valence electrons. The zero-order valence-electron chi connectivity index (χ0n) is 29.5. The Balaban J connectivity index is 4.84. The predicted molar refractivity (Wildman–Crippen MR) is 197 cm³/mol. The molecule has 0 fully saturated rings. The lowest BCUT2D eigenvalue weighted by Gasteiger charge is -2.29. The highest BCUT2D eigenvalue weighted by molar-refractivity contribution is 4.71. The van der Waals surface area contributed by atoms with Crippen LogP contribution in [0, 0.1) is 0 Å². The van der Waals surface area contributed by atoms with Crippen molar-refractivity contribution in [1.82, 2.24) is 51.5 Å². The SMILES string of the molecule is NCCNCCNCCN(CCNCCN(CCNCCN)CCN(CCNCCN)CCNCCN)CCN(CCN)CCN. The predicted octanol–water partition coefficient (Wildman–Crippen LogP) is -6.52. The minimum absolute atomic E-state index is 0.658. The number of nitrogens with one attached hydrogen (secondary N) is 6. The molecule has 0 rings (SSSR count). The van der Waals surface area contributed by atoms with Gasteiger partial charge in [-0.05, 0) is 0 Å². The van der Waals surface area contributed by atoms with E-state index in [2.05, 4.69) is 51.5 Å². The summed E-state index contributed by atoms with van der Waals surface area (Å²) in [5.41, 5.74) is 34.3. The average Bonchev–Trinajstić information content (AvgIpc) is 3.06. The van der Waals surface area contributed by atoms with Crippen molar-refractivity contribution >= 4 is 0 Å². The summed E-state index contributed by atoms with van der Waals surface area (Å²) in [6.45, 7) is 26.8. The van der Waals surface area contributed by atoms with Crippen molar-refractivity contribution < 1.29 is 0 Å². The molecule has 46 heavy (non-hydrogen) atoms. The molecular weight excluding hydrogens is 584 g/mol. The van der Waals surface area contributed by atoms with Gasteiger partial charge in [-0.2, -0.15) is 0 Å². The second kappa shape index (κ2) is 37.2. The minimum Gasteiger partial charge on any atom is -0.329 e. The first-order valence-electron chi connectivity index (χ1n) is 18.0. The second-order valence-electron chi connectivity index (χ2n) is 11.6. The van der Waals surface area contributed by atoms with Gasteiger partial charge in [-0.15, -0.1) is 0 Å². The Morgan fingerprint density at radius 3 is 0.696 bits per heavy atom. The van der Waals surface area contributed by atoms with Crippen molar-refractivity contribution in [2.45, 2.75) is 0 Å². The van der Waals surface area contributed by atoms with Crippen molar-refractivity contribution in [3.8, 4) is 0 Å². The van der Waals surface area contributed by atoms with Gasteiger partial charge in [-0.3, -0.25) is 19.6 Å². The van der Waals surface area contributed by atoms with E-state index in [9.17, 15) is 0 Å². The van der Waals surface area contributed by atoms with Gasteiger partial charge in [0.05, 0.1) is 0 Å². The molecule has 0 unspecified atom stereocenters. The van der Waals surface area contributed by atoms with Gasteiger partial charge in [0.1, 0.15) is 0 Å². The van der Waals surface area contributed by atoms with Gasteiger partial charge in [0.2, 0.25) is 0 Å². The molecule has 0 aliphatic carbocycles. The fourth-order valence-electron chi connectivity index (χ4n) is 5.03. The summed E-state index contributed by atoms with van der Waals surface area (Å²) < 4.78 is 0. The first-order chi connectivity index (χ1) is 22.6. The van der Waals surface area contributed by atoms with E-state index in [1.165, 1.54) is 0 Å². The third-order valence-corrected chi connectivity index (χ3v) is 7.75. The smallest absolute Gasteiger partial charge is 0.0110 e. The molecule has 16 heteroatoms. The van der Waals surface area contributed by atoms with Crippen LogP contribution in [0.3, 0.4) is 0 Å². The normalized spacial score (nSPS) is 12.1. The lowest BCUT2D eigenvalue weighted by molar-refractivity contribution is 0.198. The number of hydrogen-bond donors (Lipinski definition) is 12. The van der Waals surface area contributed by atoms with Gasteiger partial charge in [-0.25, -0.2) is 0 Å². The number of rotatable bonds is 39. The van der Waals surface area contributed by atoms with Crippen molar-refractivity contribution in [1.29, 1.82) is 0 Å². The van der Waals surface area contributed by atoms with Crippen LogP contribution in [-0.2, 0) is 0 Å². The van der Waals surface area contributed by atoms with Crippen LogP contribution in [0.15, 0.2) is 0 Å². The van der Waals surface area contributed by atoms with Gasteiger partial charge in [0, 0.05) is 196 Å². The fourth-order valence-corrected chi connectivity index (χ4v) is 5.03. The lowest BCUT2D eigenvalue weighted by atomic mass is 10.3. The van der Waals surface area contributed by atoms with Crippen LogP contribution in [0.4, 0.5) is 0 Å². The quantitative estimate of drug-likeness (QED) is 0.0274. The Bertz CT molecular complexity index is 561. The molecule has 0 saturated carbocycles. The summed E-state index contributed by atoms with van der Waals surface area (Å²) in [5, 5.41) is 20.9. The molecule has 0 aliphatic rings. The fraction of sp³-hybridized carbons (Fsp3) is 1.00. The van der Waals surface area contributed by atoms with Gasteiger partial charge in [-0.1, -0.05) is 0 Å². The van der Waals surface area contributed by atoms with Crippen LogP contribution in [0.25, 0.3) is 0 Å². The average molecular weight is 663 g/mol. The topological polar surface area (TPSA) is 241 Å². The maximum Gasteiger partial charge on any atom is 0.0110 e. The molecule has 0 aromatic heterocycles. The Hall–Kier alpha value is -0.640. The maximum absolute atomic E-state index is 5.84. The molecular formula is C30H78N16. The Morgan fingerprint density at radius 1 is 0.217 bits per heavy atom. The highest BCUT2D eigenvalue weighted by Crippen LogP contribution is 1.95. The maximum atomic E-state index is 5.84. The van der Waals surface area contributed by atoms with Crippen LogP contribution in [0.5, 0.6) is 0 Å². The van der Waals surface area contributed by atoms with Crippen LogP contribution in [0.1, 0.15) is 0 Å². The van der Waals surface area contributed by atoms with E-state index < -0.39 is 0 Å². The van der Waals surface area contributed by atoms with Crippen LogP contribution < -0.4 is 66.3 Å². The molecule has 0 aromatic rings. The van der Waals surface area contributed by atoms with Crippen molar-refractivity contribution in [2.75, 3.05) is 196 Å². The third kappa shape index (κ3) is 30.7. The van der Waals surface area contributed by atoms with E-state index in [4.69, 9.17) is 34.4 Å². The number of nitrogens with two attached hydrogens (primary N) is 6. The molecule has 18 N–H and O–H groups in total. The van der Waals surface area contributed by atoms with E-state index in [1.54, 1.807) is 0 Å². The molecule has 0 aliphatic heterocycles. The zero-order valence-corrected chi connectivity index (χ0v) is 29.5. The molecule has 0 saturated heterocycles. The van der Waals surface area contributed by atoms with Crippen LogP contribution in [0.2, 0.25) is 0 Å². The minimum atomic E-state index is 0.658. The largest absolute Gasteiger partial charge is 0.329 e. The Morgan fingerprint density at radius 2 is 0.435 bits per heavy atom. The molecule has 0 radical (unpaired) electrons. The van der Waals surface area contributed by atoms with Gasteiger partial charge in [0.15, 0.2) is 0 Å². The molecule has 0 aromatic carbocycles. The summed E-state index contributed by atoms with van der Waals surface area (Å²) in [5.74, 6) is 0. The number of nitrogens with zero attached hydrogens (tertiary/aromatic N) is 4. The first-order valence-corrected chi connectivity index (χ1v) is 18.0. The van der Waals surface area contributed by atoms with Crippen LogP contribution >= 0.6 is 0 Å². The summed E-state index contributed by atoms with van der Waals surface area (Å²) >= 11 is 0. The molecule has 16 nitrogen and oxygen atoms in total. The summed E-state index contributed by atoms with van der Waals surface area (Å²) in [6.07, 6.45) is 0. The first kappa shape index (κ1) is 45.4. The molecule has 0 atom stereocenters. The molecule has 0 heterocycles. The molecule has 0 bridgehead atoms. The second-order valence-corrected chi connectivity index (χ2v) is 11.6. The van der Waals surface area contributed by atoms with Gasteiger partial charge in [0.25, 0.3) is 0 Å². The lowest BCUT2D eigenvalue weighted by Crippen LogP contribution is -2.46. The standard InChI is InChI=1S/C30H78N16/c31-1-7-37-11-12-41-16-24-46(28-27-43(19-5-35)20-6-36)26-18-42-17-25-45(23-15-40-10-4-34)30-29-44(21-13-38-8-2-32)22-14-39-9-3-33/h37-42H,1-36H2. The highest BCUT2D eigenvalue weighted by Gasteiger charge is 2.11. The Kier molecular flexibility index (Phi) is 36.7. The highest BCUT2D eigenvalue weighted by atomic mass is 15.2. The van der Waals surface area contributed by atoms with E-state index >= 15 is 0 Å². The monoisotopic (exact) mass is 663 g/mol. The summed E-state index contributed by atoms with van der Waals surface area (Å²) in [4.78, 5) is 9.99. The summed E-state index contributed by atoms with van der Waals surface area (Å²) in [6, 6.07) is 0. The Labute approximate surface area is 282 Å². The van der Waals surface area contributed by atoms with E-state index in [1.807, 2.05) is 0 Å². The van der Waals surface area contributed by atoms with Crippen LogP contribution in [-0.4, -0.2) is 216 Å². The van der Waals surface area contributed by atoms with E-state index in [-0.39, 0.29) is 0 Å². The van der Waals surface area contributed by atoms with Crippen molar-refractivity contribution in [2.24, 2.45) is 34.4 Å². The summed E-state index contributed by atoms with van der Waals surface area (Å²) in [7, 11) is 0. The molecule has 0 spiro atoms. The molecule has 0 amide bonds. The number of hydrogen-bond acceptors (Lipinski definition) is 16. The van der Waals surface area contributed by atoms with Gasteiger partial charge >= 0.3 is 0 Å². The van der Waals surface area contributed by atoms with Crippen molar-refractivity contribution in [3.63, 3.8) is 0 Å². The third-order valence-electron chi connectivity index (χ3n) is 7.75. The zero-order chi connectivity index (χ0) is 33.8. The van der Waals surface area contributed by atoms with E-state index in [0.717, 1.165) is 157 Å². The van der Waals surface area contributed by atoms with E-state index in [0.29, 0.717) is 39.3 Å².